The van der Waals surface area contributed by atoms with Crippen molar-refractivity contribution in [1.29, 1.82) is 0 Å². The van der Waals surface area contributed by atoms with E-state index in [1.165, 1.54) is 21.3 Å². The molecule has 2 fully saturated rings. The van der Waals surface area contributed by atoms with Gasteiger partial charge in [-0.3, -0.25) is 19.3 Å². The van der Waals surface area contributed by atoms with Gasteiger partial charge >= 0.3 is 0 Å². The predicted octanol–water partition coefficient (Wildman–Crippen LogP) is 1.26. The zero-order valence-electron chi connectivity index (χ0n) is 18.7. The lowest BCUT2D eigenvalue weighted by Gasteiger charge is -2.34. The summed E-state index contributed by atoms with van der Waals surface area (Å²) in [4.78, 5) is 40.8. The Morgan fingerprint density at radius 2 is 1.55 bits per heavy atom. The maximum atomic E-state index is 12.9. The van der Waals surface area contributed by atoms with Crippen LogP contribution in [0.15, 0.2) is 41.3 Å². The van der Waals surface area contributed by atoms with Gasteiger partial charge in [-0.2, -0.15) is 4.31 Å². The summed E-state index contributed by atoms with van der Waals surface area (Å²) < 4.78 is 32.6. The number of ether oxygens (including phenoxy) is 1. The van der Waals surface area contributed by atoms with E-state index in [1.54, 1.807) is 17.0 Å². The first-order chi connectivity index (χ1) is 15.8. The van der Waals surface area contributed by atoms with Crippen molar-refractivity contribution in [3.8, 4) is 5.75 Å². The molecule has 1 aromatic carbocycles. The molecule has 178 valence electrons. The van der Waals surface area contributed by atoms with Crippen LogP contribution in [0, 0.1) is 11.8 Å². The molecule has 10 heteroatoms. The molecule has 1 aliphatic carbocycles. The van der Waals surface area contributed by atoms with Crippen LogP contribution in [-0.2, 0) is 24.4 Å². The fourth-order valence-corrected chi connectivity index (χ4v) is 6.08. The van der Waals surface area contributed by atoms with Crippen molar-refractivity contribution in [3.63, 3.8) is 0 Å². The number of piperazine rings is 1. The number of carbonyl (C=O) groups excluding carboxylic acids is 3. The highest BCUT2D eigenvalue weighted by Crippen LogP contribution is 2.35. The SMILES string of the molecule is CCOc1ccc(S(=O)(=O)N2CCN(C(=O)CCN3C(=O)[C@@H]4CC=CC[C@H]4C3=O)CC2)cc1. The van der Waals surface area contributed by atoms with E-state index >= 15 is 0 Å². The van der Waals surface area contributed by atoms with Crippen LogP contribution in [0.3, 0.4) is 0 Å². The third-order valence-electron chi connectivity index (χ3n) is 6.51. The van der Waals surface area contributed by atoms with Crippen molar-refractivity contribution in [1.82, 2.24) is 14.1 Å². The summed E-state index contributed by atoms with van der Waals surface area (Å²) in [5.41, 5.74) is 0. The largest absolute Gasteiger partial charge is 0.494 e. The third kappa shape index (κ3) is 4.67. The van der Waals surface area contributed by atoms with Crippen molar-refractivity contribution in [2.24, 2.45) is 11.8 Å². The Bertz CT molecular complexity index is 1020. The first kappa shape index (κ1) is 23.4. The maximum absolute atomic E-state index is 12.9. The van der Waals surface area contributed by atoms with Gasteiger partial charge in [0.2, 0.25) is 27.7 Å². The number of amides is 3. The normalized spacial score (nSPS) is 23.7. The van der Waals surface area contributed by atoms with E-state index in [1.807, 2.05) is 19.1 Å². The van der Waals surface area contributed by atoms with Gasteiger partial charge in [0.1, 0.15) is 5.75 Å². The van der Waals surface area contributed by atoms with Gasteiger partial charge in [0.15, 0.2) is 0 Å². The number of benzene rings is 1. The summed E-state index contributed by atoms with van der Waals surface area (Å²) in [5, 5.41) is 0. The smallest absolute Gasteiger partial charge is 0.243 e. The Morgan fingerprint density at radius 3 is 2.09 bits per heavy atom. The van der Waals surface area contributed by atoms with Crippen LogP contribution >= 0.6 is 0 Å². The minimum Gasteiger partial charge on any atom is -0.494 e. The molecule has 4 rings (SSSR count). The van der Waals surface area contributed by atoms with Crippen LogP contribution in [0.2, 0.25) is 0 Å². The van der Waals surface area contributed by atoms with Crippen molar-refractivity contribution in [3.05, 3.63) is 36.4 Å². The molecule has 2 saturated heterocycles. The first-order valence-electron chi connectivity index (χ1n) is 11.3. The number of carbonyl (C=O) groups is 3. The molecule has 2 aliphatic heterocycles. The number of nitrogens with zero attached hydrogens (tertiary/aromatic N) is 3. The monoisotopic (exact) mass is 475 g/mol. The lowest BCUT2D eigenvalue weighted by atomic mass is 9.85. The molecule has 2 heterocycles. The zero-order chi connectivity index (χ0) is 23.6. The molecule has 1 aromatic rings. The van der Waals surface area contributed by atoms with Crippen molar-refractivity contribution in [2.45, 2.75) is 31.1 Å². The van der Waals surface area contributed by atoms with E-state index in [0.29, 0.717) is 25.2 Å². The molecule has 0 aromatic heterocycles. The average Bonchev–Trinajstić information content (AvgIpc) is 3.08. The second-order valence-electron chi connectivity index (χ2n) is 8.42. The van der Waals surface area contributed by atoms with Gasteiger partial charge in [-0.25, -0.2) is 8.42 Å². The van der Waals surface area contributed by atoms with Gasteiger partial charge in [0.05, 0.1) is 23.3 Å². The molecule has 0 unspecified atom stereocenters. The highest BCUT2D eigenvalue weighted by Gasteiger charge is 2.47. The number of rotatable bonds is 7. The van der Waals surface area contributed by atoms with E-state index < -0.39 is 10.0 Å². The van der Waals surface area contributed by atoms with E-state index in [4.69, 9.17) is 4.74 Å². The fourth-order valence-electron chi connectivity index (χ4n) is 4.66. The number of fused-ring (bicyclic) bond motifs is 1. The summed E-state index contributed by atoms with van der Waals surface area (Å²) in [6.45, 7) is 3.36. The van der Waals surface area contributed by atoms with Crippen LogP contribution in [0.4, 0.5) is 0 Å². The van der Waals surface area contributed by atoms with Crippen LogP contribution < -0.4 is 4.74 Å². The number of imide groups is 1. The first-order valence-corrected chi connectivity index (χ1v) is 12.8. The summed E-state index contributed by atoms with van der Waals surface area (Å²) in [6, 6.07) is 6.30. The van der Waals surface area contributed by atoms with Crippen LogP contribution in [-0.4, -0.2) is 79.6 Å². The molecule has 0 saturated carbocycles. The quantitative estimate of drug-likeness (QED) is 0.434. The lowest BCUT2D eigenvalue weighted by Crippen LogP contribution is -2.51. The molecule has 0 bridgehead atoms. The second kappa shape index (κ2) is 9.64. The number of sulfonamides is 1. The zero-order valence-corrected chi connectivity index (χ0v) is 19.5. The molecule has 0 radical (unpaired) electrons. The molecule has 0 N–H and O–H groups in total. The van der Waals surface area contributed by atoms with E-state index in [-0.39, 0.29) is 73.6 Å². The summed E-state index contributed by atoms with van der Waals surface area (Å²) in [6.07, 6.45) is 5.06. The van der Waals surface area contributed by atoms with E-state index in [2.05, 4.69) is 0 Å². The van der Waals surface area contributed by atoms with Gasteiger partial charge in [-0.05, 0) is 44.0 Å². The topological polar surface area (TPSA) is 104 Å². The Labute approximate surface area is 194 Å². The number of hydrogen-bond acceptors (Lipinski definition) is 6. The van der Waals surface area contributed by atoms with Gasteiger partial charge in [0, 0.05) is 39.1 Å². The fraction of sp³-hybridized carbons (Fsp3) is 0.522. The Hall–Kier alpha value is -2.72. The van der Waals surface area contributed by atoms with Gasteiger partial charge < -0.3 is 9.64 Å². The highest BCUT2D eigenvalue weighted by atomic mass is 32.2. The van der Waals surface area contributed by atoms with Crippen LogP contribution in [0.25, 0.3) is 0 Å². The van der Waals surface area contributed by atoms with Gasteiger partial charge in [0.25, 0.3) is 0 Å². The van der Waals surface area contributed by atoms with E-state index in [0.717, 1.165) is 0 Å². The van der Waals surface area contributed by atoms with E-state index in [9.17, 15) is 22.8 Å². The second-order valence-corrected chi connectivity index (χ2v) is 10.4. The molecular formula is C23H29N3O6S. The summed E-state index contributed by atoms with van der Waals surface area (Å²) in [7, 11) is -3.66. The predicted molar refractivity (Wildman–Crippen MR) is 120 cm³/mol. The molecule has 3 amide bonds. The molecular weight excluding hydrogens is 446 g/mol. The van der Waals surface area contributed by atoms with Gasteiger partial charge in [-0.1, -0.05) is 12.2 Å². The standard InChI is InChI=1S/C23H29N3O6S/c1-2-32-17-7-9-18(10-8-17)33(30,31)25-15-13-24(14-16-25)21(27)11-12-26-22(28)19-5-3-4-6-20(19)23(26)29/h3-4,7-10,19-20H,2,5-6,11-16H2,1H3/t19-,20-/m1/s1. The highest BCUT2D eigenvalue weighted by molar-refractivity contribution is 7.89. The number of likely N-dealkylation sites (tertiary alicyclic amines) is 1. The van der Waals surface area contributed by atoms with Crippen LogP contribution in [0.1, 0.15) is 26.2 Å². The number of allylic oxidation sites excluding steroid dienone is 2. The Morgan fingerprint density at radius 1 is 0.970 bits per heavy atom. The molecule has 33 heavy (non-hydrogen) atoms. The van der Waals surface area contributed by atoms with Crippen molar-refractivity contribution >= 4 is 27.7 Å². The molecule has 0 spiro atoms. The molecule has 2 atom stereocenters. The van der Waals surface area contributed by atoms with Gasteiger partial charge in [-0.15, -0.1) is 0 Å². The Kier molecular flexibility index (Phi) is 6.85. The Balaban J connectivity index is 1.29. The molecule has 9 nitrogen and oxygen atoms in total. The number of hydrogen-bond donors (Lipinski definition) is 0. The maximum Gasteiger partial charge on any atom is 0.243 e. The third-order valence-corrected chi connectivity index (χ3v) is 8.42. The minimum absolute atomic E-state index is 0.0516. The summed E-state index contributed by atoms with van der Waals surface area (Å²) in [5.74, 6) is -0.538. The van der Waals surface area contributed by atoms with Crippen molar-refractivity contribution in [2.75, 3.05) is 39.3 Å². The lowest BCUT2D eigenvalue weighted by molar-refractivity contribution is -0.141. The summed E-state index contributed by atoms with van der Waals surface area (Å²) >= 11 is 0. The van der Waals surface area contributed by atoms with Crippen molar-refractivity contribution < 1.29 is 27.5 Å². The minimum atomic E-state index is -3.66. The molecule has 3 aliphatic rings. The van der Waals surface area contributed by atoms with Crippen LogP contribution in [0.5, 0.6) is 5.75 Å². The average molecular weight is 476 g/mol.